The molecule has 0 saturated heterocycles. The number of aromatic nitrogens is 1. The Bertz CT molecular complexity index is 593. The van der Waals surface area contributed by atoms with Crippen LogP contribution < -0.4 is 0 Å². The van der Waals surface area contributed by atoms with E-state index in [-0.39, 0.29) is 24.3 Å². The normalized spacial score (nSPS) is 14.5. The number of unbranched alkanes of at least 4 members (excludes halogenated alkanes) is 1. The van der Waals surface area contributed by atoms with E-state index in [9.17, 15) is 9.59 Å². The Balaban J connectivity index is 2.05. The minimum atomic E-state index is 0.0205. The van der Waals surface area contributed by atoms with Gasteiger partial charge in [-0.25, -0.2) is 0 Å². The Hall–Kier alpha value is -1.82. The zero-order valence-electron chi connectivity index (χ0n) is 17.2. The minimum absolute atomic E-state index is 0.0205. The third-order valence-electron chi connectivity index (χ3n) is 5.45. The summed E-state index contributed by atoms with van der Waals surface area (Å²) in [5.74, 6) is 0.214. The molecule has 152 valence electrons. The topological polar surface area (TPSA) is 54.8 Å². The molecule has 1 heterocycles. The van der Waals surface area contributed by atoms with Crippen LogP contribution in [0.1, 0.15) is 51.1 Å². The molecule has 0 unspecified atom stereocenters. The van der Waals surface area contributed by atoms with Gasteiger partial charge in [-0.2, -0.15) is 0 Å². The molecule has 6 nitrogen and oxygen atoms in total. The van der Waals surface area contributed by atoms with Crippen molar-refractivity contribution < 1.29 is 14.3 Å². The summed E-state index contributed by atoms with van der Waals surface area (Å²) in [6.45, 7) is 4.50. The van der Waals surface area contributed by atoms with Crippen LogP contribution in [0, 0.1) is 5.92 Å². The van der Waals surface area contributed by atoms with Crippen LogP contribution in [0.2, 0.25) is 0 Å². The molecule has 0 N–H and O–H groups in total. The molecule has 1 aliphatic rings. The molecule has 1 aliphatic carbocycles. The van der Waals surface area contributed by atoms with Gasteiger partial charge in [-0.05, 0) is 31.4 Å². The maximum atomic E-state index is 13.1. The molecule has 1 saturated carbocycles. The molecule has 1 aromatic heterocycles. The standard InChI is InChI=1S/C21H35N3O3/c1-4-5-13-23(16-19-11-8-12-22(19)2)20(25)17-24(14-15-27-3)21(26)18-9-6-7-10-18/h8,11-12,18H,4-7,9-10,13-17H2,1-3H3. The fourth-order valence-corrected chi connectivity index (χ4v) is 3.66. The molecule has 0 aliphatic heterocycles. The van der Waals surface area contributed by atoms with Gasteiger partial charge in [0.2, 0.25) is 11.8 Å². The highest BCUT2D eigenvalue weighted by molar-refractivity contribution is 5.86. The number of aryl methyl sites for hydroxylation is 1. The average Bonchev–Trinajstić information content (AvgIpc) is 3.33. The van der Waals surface area contributed by atoms with Gasteiger partial charge < -0.3 is 19.1 Å². The van der Waals surface area contributed by atoms with E-state index in [1.54, 1.807) is 12.0 Å². The van der Waals surface area contributed by atoms with Gasteiger partial charge in [0.15, 0.2) is 0 Å². The van der Waals surface area contributed by atoms with Gasteiger partial charge in [-0.3, -0.25) is 9.59 Å². The van der Waals surface area contributed by atoms with Crippen molar-refractivity contribution in [2.24, 2.45) is 13.0 Å². The molecular weight excluding hydrogens is 342 g/mol. The van der Waals surface area contributed by atoms with Crippen LogP contribution in [0.15, 0.2) is 18.3 Å². The quantitative estimate of drug-likeness (QED) is 0.596. The largest absolute Gasteiger partial charge is 0.383 e. The zero-order chi connectivity index (χ0) is 19.6. The van der Waals surface area contributed by atoms with Crippen molar-refractivity contribution in [3.05, 3.63) is 24.0 Å². The minimum Gasteiger partial charge on any atom is -0.383 e. The first-order chi connectivity index (χ1) is 13.1. The predicted octanol–water partition coefficient (Wildman–Crippen LogP) is 2.82. The summed E-state index contributed by atoms with van der Waals surface area (Å²) in [6.07, 6.45) is 8.10. The molecule has 2 amide bonds. The lowest BCUT2D eigenvalue weighted by Gasteiger charge is -2.29. The molecule has 1 fully saturated rings. The van der Waals surface area contributed by atoms with Crippen molar-refractivity contribution in [3.8, 4) is 0 Å². The Labute approximate surface area is 163 Å². The van der Waals surface area contributed by atoms with Crippen molar-refractivity contribution in [2.75, 3.05) is 33.4 Å². The van der Waals surface area contributed by atoms with E-state index in [1.807, 2.05) is 34.8 Å². The van der Waals surface area contributed by atoms with E-state index in [0.29, 0.717) is 19.7 Å². The van der Waals surface area contributed by atoms with E-state index >= 15 is 0 Å². The number of nitrogens with zero attached hydrogens (tertiary/aromatic N) is 3. The van der Waals surface area contributed by atoms with E-state index in [2.05, 4.69) is 6.92 Å². The summed E-state index contributed by atoms with van der Waals surface area (Å²) in [6, 6.07) is 4.03. The fourth-order valence-electron chi connectivity index (χ4n) is 3.66. The highest BCUT2D eigenvalue weighted by Gasteiger charge is 2.29. The predicted molar refractivity (Wildman–Crippen MR) is 106 cm³/mol. The van der Waals surface area contributed by atoms with Crippen LogP contribution in [0.5, 0.6) is 0 Å². The van der Waals surface area contributed by atoms with Crippen LogP contribution in [0.25, 0.3) is 0 Å². The average molecular weight is 378 g/mol. The number of amides is 2. The summed E-state index contributed by atoms with van der Waals surface area (Å²) >= 11 is 0. The molecule has 1 aromatic rings. The summed E-state index contributed by atoms with van der Waals surface area (Å²) < 4.78 is 7.21. The maximum absolute atomic E-state index is 13.1. The van der Waals surface area contributed by atoms with Gasteiger partial charge >= 0.3 is 0 Å². The molecule has 2 rings (SSSR count). The lowest BCUT2D eigenvalue weighted by Crippen LogP contribution is -2.46. The van der Waals surface area contributed by atoms with E-state index in [0.717, 1.165) is 50.8 Å². The van der Waals surface area contributed by atoms with Crippen molar-refractivity contribution in [3.63, 3.8) is 0 Å². The Kier molecular flexibility index (Phi) is 8.85. The summed E-state index contributed by atoms with van der Waals surface area (Å²) in [7, 11) is 3.62. The third kappa shape index (κ3) is 6.38. The smallest absolute Gasteiger partial charge is 0.242 e. The van der Waals surface area contributed by atoms with E-state index in [1.165, 1.54) is 0 Å². The van der Waals surface area contributed by atoms with Crippen LogP contribution in [0.3, 0.4) is 0 Å². The Morgan fingerprint density at radius 2 is 1.96 bits per heavy atom. The van der Waals surface area contributed by atoms with Crippen molar-refractivity contribution >= 4 is 11.8 Å². The molecule has 0 radical (unpaired) electrons. The number of hydrogen-bond acceptors (Lipinski definition) is 3. The van der Waals surface area contributed by atoms with E-state index < -0.39 is 0 Å². The fraction of sp³-hybridized carbons (Fsp3) is 0.714. The molecule has 6 heteroatoms. The first kappa shape index (κ1) is 21.5. The third-order valence-corrected chi connectivity index (χ3v) is 5.45. The second kappa shape index (κ2) is 11.1. The van der Waals surface area contributed by atoms with Gasteiger partial charge in [0.1, 0.15) is 0 Å². The molecule has 27 heavy (non-hydrogen) atoms. The number of methoxy groups -OCH3 is 1. The summed E-state index contributed by atoms with van der Waals surface area (Å²) in [5.41, 5.74) is 1.10. The Morgan fingerprint density at radius 3 is 2.56 bits per heavy atom. The van der Waals surface area contributed by atoms with Crippen molar-refractivity contribution in [1.82, 2.24) is 14.4 Å². The molecule has 0 aromatic carbocycles. The van der Waals surface area contributed by atoms with E-state index in [4.69, 9.17) is 4.74 Å². The number of rotatable bonds is 11. The molecular formula is C21H35N3O3. The Morgan fingerprint density at radius 1 is 1.22 bits per heavy atom. The van der Waals surface area contributed by atoms with Crippen molar-refractivity contribution in [2.45, 2.75) is 52.0 Å². The zero-order valence-corrected chi connectivity index (χ0v) is 17.2. The summed E-state index contributed by atoms with van der Waals surface area (Å²) in [5, 5.41) is 0. The first-order valence-electron chi connectivity index (χ1n) is 10.2. The van der Waals surface area contributed by atoms with Gasteiger partial charge in [-0.15, -0.1) is 0 Å². The second-order valence-corrected chi connectivity index (χ2v) is 7.51. The maximum Gasteiger partial charge on any atom is 0.242 e. The lowest BCUT2D eigenvalue weighted by atomic mass is 10.1. The lowest BCUT2D eigenvalue weighted by molar-refractivity contribution is -0.143. The van der Waals surface area contributed by atoms with Gasteiger partial charge in [0.05, 0.1) is 19.7 Å². The number of ether oxygens (including phenoxy) is 1. The van der Waals surface area contributed by atoms with Crippen LogP contribution in [0.4, 0.5) is 0 Å². The van der Waals surface area contributed by atoms with Crippen LogP contribution in [-0.2, 0) is 27.9 Å². The first-order valence-corrected chi connectivity index (χ1v) is 10.2. The number of carbonyl (C=O) groups excluding carboxylic acids is 2. The monoisotopic (exact) mass is 377 g/mol. The van der Waals surface area contributed by atoms with Crippen LogP contribution >= 0.6 is 0 Å². The highest BCUT2D eigenvalue weighted by Crippen LogP contribution is 2.26. The number of carbonyl (C=O) groups is 2. The number of hydrogen-bond donors (Lipinski definition) is 0. The SMILES string of the molecule is CCCCN(Cc1cccn1C)C(=O)CN(CCOC)C(=O)C1CCCC1. The van der Waals surface area contributed by atoms with Gasteiger partial charge in [0, 0.05) is 45.1 Å². The molecule has 0 spiro atoms. The van der Waals surface area contributed by atoms with Gasteiger partial charge in [0.25, 0.3) is 0 Å². The van der Waals surface area contributed by atoms with Gasteiger partial charge in [-0.1, -0.05) is 26.2 Å². The highest BCUT2D eigenvalue weighted by atomic mass is 16.5. The molecule has 0 bridgehead atoms. The van der Waals surface area contributed by atoms with Crippen LogP contribution in [-0.4, -0.2) is 59.5 Å². The van der Waals surface area contributed by atoms with Crippen molar-refractivity contribution in [1.29, 1.82) is 0 Å². The second-order valence-electron chi connectivity index (χ2n) is 7.51. The molecule has 0 atom stereocenters. The summed E-state index contributed by atoms with van der Waals surface area (Å²) in [4.78, 5) is 29.6.